The molecule has 5 heteroatoms. The predicted octanol–water partition coefficient (Wildman–Crippen LogP) is 1.63. The third-order valence-electron chi connectivity index (χ3n) is 3.80. The Morgan fingerprint density at radius 2 is 2.05 bits per heavy atom. The van der Waals surface area contributed by atoms with E-state index in [0.717, 1.165) is 5.56 Å². The maximum Gasteiger partial charge on any atom is 0.271 e. The second-order valence-electron chi connectivity index (χ2n) is 5.24. The van der Waals surface area contributed by atoms with Gasteiger partial charge in [0.25, 0.3) is 5.91 Å². The van der Waals surface area contributed by atoms with Crippen LogP contribution in [0.15, 0.2) is 30.3 Å². The highest BCUT2D eigenvalue weighted by Gasteiger charge is 2.57. The second-order valence-corrected chi connectivity index (χ2v) is 5.24. The van der Waals surface area contributed by atoms with Gasteiger partial charge in [-0.3, -0.25) is 14.4 Å². The average molecular weight is 276 g/mol. The van der Waals surface area contributed by atoms with Crippen LogP contribution in [-0.4, -0.2) is 28.5 Å². The van der Waals surface area contributed by atoms with Crippen LogP contribution in [0.4, 0.5) is 0 Å². The van der Waals surface area contributed by atoms with Crippen LogP contribution in [0.5, 0.6) is 0 Å². The molecule has 108 valence electrons. The maximum absolute atomic E-state index is 12.1. The van der Waals surface area contributed by atoms with E-state index in [1.807, 2.05) is 44.2 Å². The van der Waals surface area contributed by atoms with E-state index in [9.17, 15) is 9.59 Å². The number of benzene rings is 1. The van der Waals surface area contributed by atoms with Gasteiger partial charge in [0.2, 0.25) is 5.91 Å². The van der Waals surface area contributed by atoms with Gasteiger partial charge in [-0.05, 0) is 18.9 Å². The molecular formula is C15H20N2O3. The summed E-state index contributed by atoms with van der Waals surface area (Å²) in [6.45, 7) is 5.64. The minimum Gasteiger partial charge on any atom is -0.342 e. The van der Waals surface area contributed by atoms with Gasteiger partial charge in [0, 0.05) is 6.92 Å². The summed E-state index contributed by atoms with van der Waals surface area (Å²) in [5.74, 6) is -0.397. The van der Waals surface area contributed by atoms with Gasteiger partial charge in [0.15, 0.2) is 0 Å². The quantitative estimate of drug-likeness (QED) is 0.832. The van der Waals surface area contributed by atoms with Crippen molar-refractivity contribution in [3.63, 3.8) is 0 Å². The largest absolute Gasteiger partial charge is 0.342 e. The zero-order valence-corrected chi connectivity index (χ0v) is 12.1. The summed E-state index contributed by atoms with van der Waals surface area (Å²) in [5, 5.41) is 4.08. The number of rotatable bonds is 5. The summed E-state index contributed by atoms with van der Waals surface area (Å²) < 4.78 is 0. The van der Waals surface area contributed by atoms with Crippen molar-refractivity contribution in [3.8, 4) is 0 Å². The summed E-state index contributed by atoms with van der Waals surface area (Å²) >= 11 is 0. The van der Waals surface area contributed by atoms with Crippen molar-refractivity contribution in [1.29, 1.82) is 0 Å². The first-order valence-electron chi connectivity index (χ1n) is 6.77. The van der Waals surface area contributed by atoms with E-state index in [2.05, 4.69) is 5.32 Å². The van der Waals surface area contributed by atoms with E-state index in [0.29, 0.717) is 13.0 Å². The molecule has 1 heterocycles. The van der Waals surface area contributed by atoms with Crippen LogP contribution in [0.25, 0.3) is 0 Å². The Labute approximate surface area is 118 Å². The number of nitrogens with zero attached hydrogens (tertiary/aromatic N) is 1. The molecule has 0 saturated carbocycles. The van der Waals surface area contributed by atoms with Crippen molar-refractivity contribution in [2.45, 2.75) is 45.4 Å². The molecule has 1 aliphatic rings. The average Bonchev–Trinajstić information content (AvgIpc) is 2.45. The van der Waals surface area contributed by atoms with Crippen molar-refractivity contribution in [3.05, 3.63) is 35.9 Å². The van der Waals surface area contributed by atoms with Crippen LogP contribution in [0.2, 0.25) is 0 Å². The lowest BCUT2D eigenvalue weighted by molar-refractivity contribution is -0.268. The minimum absolute atomic E-state index is 0.194. The van der Waals surface area contributed by atoms with Gasteiger partial charge in [-0.25, -0.2) is 5.06 Å². The maximum atomic E-state index is 12.1. The Morgan fingerprint density at radius 3 is 2.60 bits per heavy atom. The Bertz CT molecular complexity index is 503. The number of hydrogen-bond donors (Lipinski definition) is 1. The molecule has 20 heavy (non-hydrogen) atoms. The molecular weight excluding hydrogens is 256 g/mol. The van der Waals surface area contributed by atoms with E-state index in [1.165, 1.54) is 12.0 Å². The van der Waals surface area contributed by atoms with Gasteiger partial charge in [0.1, 0.15) is 12.6 Å². The first-order valence-corrected chi connectivity index (χ1v) is 6.77. The smallest absolute Gasteiger partial charge is 0.271 e. The molecule has 1 N–H and O–H groups in total. The van der Waals surface area contributed by atoms with Gasteiger partial charge >= 0.3 is 0 Å². The van der Waals surface area contributed by atoms with Gasteiger partial charge in [-0.15, -0.1) is 0 Å². The Kier molecular flexibility index (Phi) is 4.09. The molecule has 2 rings (SSSR count). The number of β-lactam (4-membered cyclic amide) rings is 1. The van der Waals surface area contributed by atoms with Crippen LogP contribution < -0.4 is 5.32 Å². The van der Waals surface area contributed by atoms with E-state index >= 15 is 0 Å². The molecule has 1 aromatic carbocycles. The lowest BCUT2D eigenvalue weighted by Crippen LogP contribution is -2.77. The van der Waals surface area contributed by atoms with Crippen molar-refractivity contribution in [2.75, 3.05) is 0 Å². The number of hydrogen-bond acceptors (Lipinski definition) is 3. The Morgan fingerprint density at radius 1 is 1.40 bits per heavy atom. The van der Waals surface area contributed by atoms with Crippen LogP contribution in [0.1, 0.15) is 32.8 Å². The van der Waals surface area contributed by atoms with Gasteiger partial charge < -0.3 is 5.32 Å². The summed E-state index contributed by atoms with van der Waals surface area (Å²) in [7, 11) is 0. The number of nitrogens with one attached hydrogen (secondary N) is 1. The number of hydroxylamine groups is 2. The van der Waals surface area contributed by atoms with Crippen LogP contribution >= 0.6 is 0 Å². The fourth-order valence-electron chi connectivity index (χ4n) is 2.38. The third kappa shape index (κ3) is 2.54. The molecule has 1 fully saturated rings. The summed E-state index contributed by atoms with van der Waals surface area (Å²) in [6, 6.07) is 9.17. The molecule has 0 unspecified atom stereocenters. The highest BCUT2D eigenvalue weighted by atomic mass is 16.7. The molecule has 1 aromatic rings. The molecule has 0 radical (unpaired) electrons. The molecule has 0 aromatic heterocycles. The molecule has 2 amide bonds. The molecule has 0 spiro atoms. The summed E-state index contributed by atoms with van der Waals surface area (Å²) in [6.07, 6.45) is 0.707. The Balaban J connectivity index is 2.01. The number of carbonyl (C=O) groups excluding carboxylic acids is 2. The lowest BCUT2D eigenvalue weighted by Gasteiger charge is -2.53. The number of carbonyl (C=O) groups is 2. The standard InChI is InChI=1S/C15H20N2O3/c1-4-15(3)13(16-11(2)18)14(19)17(15)20-10-12-8-6-5-7-9-12/h5-9,13H,4,10H2,1-3H3,(H,16,18)/t13-,15+/m1/s1. The zero-order valence-electron chi connectivity index (χ0n) is 12.1. The second kappa shape index (κ2) is 5.63. The Hall–Kier alpha value is -1.88. The lowest BCUT2D eigenvalue weighted by atomic mass is 9.80. The SMILES string of the molecule is CC[C@@]1(C)[C@H](NC(C)=O)C(=O)N1OCc1ccccc1. The van der Waals surface area contributed by atoms with Gasteiger partial charge in [-0.1, -0.05) is 37.3 Å². The van der Waals surface area contributed by atoms with Gasteiger partial charge in [0.05, 0.1) is 5.54 Å². The topological polar surface area (TPSA) is 58.6 Å². The molecule has 0 aliphatic carbocycles. The van der Waals surface area contributed by atoms with E-state index in [1.54, 1.807) is 0 Å². The molecule has 1 saturated heterocycles. The van der Waals surface area contributed by atoms with Gasteiger partial charge in [-0.2, -0.15) is 0 Å². The normalized spacial score (nSPS) is 25.2. The van der Waals surface area contributed by atoms with Crippen LogP contribution in [-0.2, 0) is 21.0 Å². The predicted molar refractivity (Wildman–Crippen MR) is 74.4 cm³/mol. The summed E-state index contributed by atoms with van der Waals surface area (Å²) in [5.41, 5.74) is 0.513. The highest BCUT2D eigenvalue weighted by Crippen LogP contribution is 2.35. The molecule has 2 atom stereocenters. The zero-order chi connectivity index (χ0) is 14.8. The van der Waals surface area contributed by atoms with Crippen LogP contribution in [0, 0.1) is 0 Å². The fourth-order valence-corrected chi connectivity index (χ4v) is 2.38. The van der Waals surface area contributed by atoms with E-state index < -0.39 is 11.6 Å². The molecule has 1 aliphatic heterocycles. The highest BCUT2D eigenvalue weighted by molar-refractivity contribution is 5.93. The van der Waals surface area contributed by atoms with Crippen molar-refractivity contribution in [1.82, 2.24) is 10.4 Å². The van der Waals surface area contributed by atoms with Crippen molar-refractivity contribution >= 4 is 11.8 Å². The molecule has 0 bridgehead atoms. The number of amides is 2. The van der Waals surface area contributed by atoms with Crippen molar-refractivity contribution < 1.29 is 14.4 Å². The monoisotopic (exact) mass is 276 g/mol. The minimum atomic E-state index is -0.499. The summed E-state index contributed by atoms with van der Waals surface area (Å²) in [4.78, 5) is 28.9. The van der Waals surface area contributed by atoms with E-state index in [4.69, 9.17) is 4.84 Å². The molecule has 5 nitrogen and oxygen atoms in total. The third-order valence-corrected chi connectivity index (χ3v) is 3.80. The van der Waals surface area contributed by atoms with Crippen molar-refractivity contribution in [2.24, 2.45) is 0 Å². The fraction of sp³-hybridized carbons (Fsp3) is 0.467. The van der Waals surface area contributed by atoms with Crippen LogP contribution in [0.3, 0.4) is 0 Å². The first-order chi connectivity index (χ1) is 9.49. The first kappa shape index (κ1) is 14.5. The van der Waals surface area contributed by atoms with E-state index in [-0.39, 0.29) is 11.8 Å².